The van der Waals surface area contributed by atoms with Gasteiger partial charge < -0.3 is 46.7 Å². The Balaban J connectivity index is 1.15. The zero-order chi connectivity index (χ0) is 50.2. The molecule has 0 radical (unpaired) electrons. The van der Waals surface area contributed by atoms with E-state index < -0.39 is 23.6 Å². The van der Waals surface area contributed by atoms with Gasteiger partial charge in [-0.2, -0.15) is 0 Å². The molecule has 1 aliphatic heterocycles. The number of H-pyrrole nitrogens is 1. The molecule has 71 heavy (non-hydrogen) atoms. The van der Waals surface area contributed by atoms with Crippen LogP contribution in [0.15, 0.2) is 108 Å². The van der Waals surface area contributed by atoms with Crippen molar-refractivity contribution in [2.75, 3.05) is 6.54 Å². The first-order valence-corrected chi connectivity index (χ1v) is 27.0. The van der Waals surface area contributed by atoms with Gasteiger partial charge in [-0.3, -0.25) is 4.79 Å². The lowest BCUT2D eigenvalue weighted by atomic mass is 9.69. The van der Waals surface area contributed by atoms with E-state index in [1.807, 2.05) is 24.3 Å². The molecule has 0 spiro atoms. The topological polar surface area (TPSA) is 192 Å². The third-order valence-corrected chi connectivity index (χ3v) is 16.9. The Labute approximate surface area is 422 Å². The number of carboxylic acids is 1. The van der Waals surface area contributed by atoms with Crippen molar-refractivity contribution in [2.45, 2.75) is 160 Å². The maximum atomic E-state index is 13.3. The summed E-state index contributed by atoms with van der Waals surface area (Å²) in [6.45, 7) is 7.19. The van der Waals surface area contributed by atoms with Gasteiger partial charge in [0.1, 0.15) is 11.5 Å². The number of rotatable bonds is 18. The van der Waals surface area contributed by atoms with Crippen molar-refractivity contribution in [1.82, 2.24) is 10.3 Å². The molecule has 10 nitrogen and oxygen atoms in total. The van der Waals surface area contributed by atoms with Crippen LogP contribution in [-0.2, 0) is 11.2 Å². The van der Waals surface area contributed by atoms with Crippen LogP contribution in [0.3, 0.4) is 0 Å². The summed E-state index contributed by atoms with van der Waals surface area (Å²) in [6, 6.07) is 23.9. The molecule has 4 aromatic rings. The second-order valence-electron chi connectivity index (χ2n) is 22.2. The molecule has 1 aromatic heterocycles. The van der Waals surface area contributed by atoms with Crippen LogP contribution < -0.4 is 11.1 Å². The molecule has 3 aromatic carbocycles. The van der Waals surface area contributed by atoms with Crippen LogP contribution in [0.25, 0.3) is 22.4 Å². The number of carboxylic acid groups (broad SMARTS) is 1. The van der Waals surface area contributed by atoms with Gasteiger partial charge in [0.25, 0.3) is 0 Å². The number of benzene rings is 3. The van der Waals surface area contributed by atoms with Crippen molar-refractivity contribution in [3.05, 3.63) is 131 Å². The molecule has 10 atom stereocenters. The van der Waals surface area contributed by atoms with Crippen molar-refractivity contribution < 1.29 is 35.4 Å². The van der Waals surface area contributed by atoms with E-state index in [2.05, 4.69) is 91.8 Å². The second kappa shape index (κ2) is 23.5. The van der Waals surface area contributed by atoms with E-state index in [0.717, 1.165) is 78.6 Å². The molecular formula is C61H81N3O7. The molecule has 4 aliphatic rings. The van der Waals surface area contributed by atoms with Crippen molar-refractivity contribution >= 4 is 5.97 Å². The summed E-state index contributed by atoms with van der Waals surface area (Å²) in [5.41, 5.74) is 13.3. The number of carbonyl (C=O) groups is 1. The fraction of sp³-hybridized carbons (Fsp3) is 0.525. The molecule has 0 saturated heterocycles. The number of hydrogen-bond donors (Lipinski definition) is 9. The van der Waals surface area contributed by atoms with Crippen LogP contribution in [0.4, 0.5) is 0 Å². The molecule has 8 rings (SSSR count). The van der Waals surface area contributed by atoms with E-state index in [4.69, 9.17) is 5.73 Å². The summed E-state index contributed by atoms with van der Waals surface area (Å²) < 4.78 is 0. The monoisotopic (exact) mass is 968 g/mol. The normalized spacial score (nSPS) is 28.0. The number of aromatic amines is 1. The minimum Gasteiger partial charge on any atom is -0.508 e. The van der Waals surface area contributed by atoms with Crippen molar-refractivity contribution in [3.8, 4) is 33.9 Å². The highest BCUT2D eigenvalue weighted by atomic mass is 16.4. The van der Waals surface area contributed by atoms with E-state index in [1.165, 1.54) is 30.9 Å². The van der Waals surface area contributed by atoms with Gasteiger partial charge in [0.05, 0.1) is 35.2 Å². The quantitative estimate of drug-likeness (QED) is 0.0345. The lowest BCUT2D eigenvalue weighted by Crippen LogP contribution is -2.42. The first kappa shape index (κ1) is 52.0. The number of hydrogen-bond acceptors (Lipinski definition) is 8. The number of aromatic hydroxyl groups is 2. The third kappa shape index (κ3) is 12.7. The number of allylic oxidation sites excluding steroid dienone is 3. The van der Waals surface area contributed by atoms with Gasteiger partial charge >= 0.3 is 5.97 Å². The van der Waals surface area contributed by atoms with Crippen molar-refractivity contribution in [1.29, 1.82) is 0 Å². The molecule has 10 heteroatoms. The summed E-state index contributed by atoms with van der Waals surface area (Å²) in [4.78, 5) is 17.2. The zero-order valence-corrected chi connectivity index (χ0v) is 42.4. The first-order valence-electron chi connectivity index (χ1n) is 27.0. The number of nitrogens with two attached hydrogens (primary N) is 1. The number of fused-ring (bicyclic) bond motifs is 1. The van der Waals surface area contributed by atoms with Crippen molar-refractivity contribution in [3.63, 3.8) is 0 Å². The largest absolute Gasteiger partial charge is 0.508 e. The molecule has 0 amide bonds. The van der Waals surface area contributed by atoms with Crippen LogP contribution in [0.5, 0.6) is 11.5 Å². The Morgan fingerprint density at radius 1 is 0.859 bits per heavy atom. The minimum atomic E-state index is -1.19. The smallest absolute Gasteiger partial charge is 0.309 e. The lowest BCUT2D eigenvalue weighted by Gasteiger charge is -2.39. The number of unbranched alkanes of at least 4 members (excludes halogenated alkanes) is 3. The first-order chi connectivity index (χ1) is 34.2. The Morgan fingerprint density at radius 2 is 1.62 bits per heavy atom. The van der Waals surface area contributed by atoms with E-state index >= 15 is 0 Å². The van der Waals surface area contributed by atoms with Crippen LogP contribution in [0, 0.1) is 35.5 Å². The van der Waals surface area contributed by atoms with E-state index in [9.17, 15) is 35.4 Å². The fourth-order valence-electron chi connectivity index (χ4n) is 13.1. The highest BCUT2D eigenvalue weighted by Crippen LogP contribution is 2.55. The lowest BCUT2D eigenvalue weighted by molar-refractivity contribution is -0.150. The molecule has 3 aliphatic carbocycles. The number of aromatic nitrogens is 1. The molecule has 2 heterocycles. The van der Waals surface area contributed by atoms with E-state index in [1.54, 1.807) is 6.07 Å². The van der Waals surface area contributed by atoms with E-state index in [-0.39, 0.29) is 60.0 Å². The highest BCUT2D eigenvalue weighted by molar-refractivity contribution is 5.85. The number of aliphatic carboxylic acids is 1. The number of aliphatic hydroxyl groups excluding tert-OH is 2. The van der Waals surface area contributed by atoms with Gasteiger partial charge in [0, 0.05) is 53.3 Å². The highest BCUT2D eigenvalue weighted by Gasteiger charge is 2.51. The van der Waals surface area contributed by atoms with E-state index in [0.29, 0.717) is 67.4 Å². The molecule has 10 N–H and O–H groups in total. The Bertz CT molecular complexity index is 2490. The van der Waals surface area contributed by atoms with Crippen LogP contribution in [-0.4, -0.2) is 65.9 Å². The predicted octanol–water partition coefficient (Wildman–Crippen LogP) is 12.0. The minimum absolute atomic E-state index is 0.00145. The Hall–Kier alpha value is -5.29. The van der Waals surface area contributed by atoms with Crippen molar-refractivity contribution in [2.24, 2.45) is 41.2 Å². The van der Waals surface area contributed by atoms with Gasteiger partial charge in [0.15, 0.2) is 0 Å². The van der Waals surface area contributed by atoms with Gasteiger partial charge in [-0.1, -0.05) is 126 Å². The summed E-state index contributed by atoms with van der Waals surface area (Å²) in [7, 11) is 0. The summed E-state index contributed by atoms with van der Waals surface area (Å²) in [6.07, 6.45) is 19.8. The molecule has 2 fully saturated rings. The SMILES string of the molecule is CCCCC[C@@H]1C=C[C@@H](CCCC[C@H]2CC[C@@H](c3cc(-c4ccccc4)c(-c4cc(O)cc(O)c4Cc4ccc(C(C)C)cc4)[nH]3)[C@@H]3C[C@H](CC4=CCNC(N)=C4)C[C@@]3(O)CC[C@H](O)[C@H]2C(=O)O)[C@H](O)C1. The maximum absolute atomic E-state index is 13.3. The standard InChI is InChI=1S/C61H81N3O7/c1-4-5-7-12-39-19-22-45(55(67)32-39)15-10-11-16-46-23-24-48(52-31-42(29-41-26-28-63-57(62)33-41)37-61(52,71)27-25-54(66)58(46)60(69)70)53-36-49(44-13-8-6-9-14-44)59(64-53)51-34-47(65)35-56(68)50(51)30-40-17-20-43(21-18-40)38(2)3/h6,8-9,13-14,17-22,26,33-36,38-39,42,45-46,48,52,54-55,58,63-68,71H,4-5,7,10-12,15-16,23-25,27-32,37,62H2,1-3H3,(H,69,70)/t39-,42+,45-,46+,48-,52+,54+,55-,58+,61+/m1/s1. The Kier molecular flexibility index (Phi) is 17.2. The van der Waals surface area contributed by atoms with Crippen LogP contribution >= 0.6 is 0 Å². The summed E-state index contributed by atoms with van der Waals surface area (Å²) in [5.74, 6) is -1.15. The molecule has 0 unspecified atom stereocenters. The molecule has 382 valence electrons. The van der Waals surface area contributed by atoms with Crippen LogP contribution in [0.1, 0.15) is 158 Å². The number of dihydropyridines is 1. The summed E-state index contributed by atoms with van der Waals surface area (Å²) >= 11 is 0. The predicted molar refractivity (Wildman–Crippen MR) is 284 cm³/mol. The van der Waals surface area contributed by atoms with Gasteiger partial charge in [-0.05, 0) is 141 Å². The third-order valence-electron chi connectivity index (χ3n) is 16.9. The average Bonchev–Trinajstić information content (AvgIpc) is 3.92. The molecular weight excluding hydrogens is 887 g/mol. The Morgan fingerprint density at radius 3 is 2.34 bits per heavy atom. The maximum Gasteiger partial charge on any atom is 0.309 e. The molecule has 0 bridgehead atoms. The van der Waals surface area contributed by atoms with Gasteiger partial charge in [0.2, 0.25) is 0 Å². The van der Waals surface area contributed by atoms with Crippen LogP contribution in [0.2, 0.25) is 0 Å². The number of phenolic OH excluding ortho intramolecular Hbond substituents is 2. The second-order valence-corrected chi connectivity index (χ2v) is 22.2. The summed E-state index contributed by atoms with van der Waals surface area (Å²) in [5, 5.41) is 73.0. The average molecular weight is 968 g/mol. The van der Waals surface area contributed by atoms with Gasteiger partial charge in [-0.15, -0.1) is 0 Å². The number of nitrogens with one attached hydrogen (secondary N) is 2. The van der Waals surface area contributed by atoms with Gasteiger partial charge in [-0.25, -0.2) is 0 Å². The number of aliphatic hydroxyl groups is 3. The zero-order valence-electron chi connectivity index (χ0n) is 42.4. The fourth-order valence-corrected chi connectivity index (χ4v) is 13.1. The molecule has 2 saturated carbocycles. The number of phenols is 2.